The fourth-order valence-corrected chi connectivity index (χ4v) is 5.73. The molecule has 2 aromatic carbocycles. The lowest BCUT2D eigenvalue weighted by molar-refractivity contribution is -0.138. The third-order valence-corrected chi connectivity index (χ3v) is 7.36. The van der Waals surface area contributed by atoms with Gasteiger partial charge in [0.1, 0.15) is 11.5 Å². The number of esters is 1. The average molecular weight is 524 g/mol. The van der Waals surface area contributed by atoms with Crippen LogP contribution in [-0.4, -0.2) is 32.6 Å². The molecule has 0 saturated heterocycles. The van der Waals surface area contributed by atoms with E-state index in [2.05, 4.69) is 12.2 Å². The second-order valence-electron chi connectivity index (χ2n) is 9.45. The molecule has 1 aliphatic heterocycles. The Kier molecular flexibility index (Phi) is 8.28. The van der Waals surface area contributed by atoms with Gasteiger partial charge in [-0.15, -0.1) is 0 Å². The molecule has 37 heavy (non-hydrogen) atoms. The smallest absolute Gasteiger partial charge is 0.336 e. The number of Topliss-reactive ketones (excluding diaryl/α,β-unsaturated/α-hetero) is 1. The number of rotatable bonds is 8. The van der Waals surface area contributed by atoms with Crippen molar-refractivity contribution in [3.63, 3.8) is 0 Å². The molecule has 2 aromatic rings. The van der Waals surface area contributed by atoms with E-state index in [9.17, 15) is 9.59 Å². The Labute approximate surface area is 223 Å². The third kappa shape index (κ3) is 5.26. The van der Waals surface area contributed by atoms with Crippen LogP contribution in [0.5, 0.6) is 11.5 Å². The second kappa shape index (κ2) is 11.4. The number of hydrogen-bond acceptors (Lipinski definition) is 6. The van der Waals surface area contributed by atoms with E-state index < -0.39 is 11.9 Å². The standard InChI is InChI=1S/C30H34ClNO5/c1-6-8-23-29(30(34)37-7-2)27(21-11-9-19(31)13-17(21)3)28-24(32-23)14-18(15-25(28)33)22-16-20(35-4)10-12-26(22)36-5/h9-13,16,18,27,32H,6-8,14-15H2,1-5H3. The molecular formula is C30H34ClNO5. The number of ether oxygens (including phenoxy) is 3. The molecule has 2 aliphatic rings. The number of hydrogen-bond donors (Lipinski definition) is 1. The van der Waals surface area contributed by atoms with Crippen LogP contribution in [0.25, 0.3) is 0 Å². The van der Waals surface area contributed by atoms with Crippen molar-refractivity contribution in [2.24, 2.45) is 0 Å². The molecule has 2 unspecified atom stereocenters. The van der Waals surface area contributed by atoms with Gasteiger partial charge >= 0.3 is 5.97 Å². The van der Waals surface area contributed by atoms with Gasteiger partial charge in [-0.25, -0.2) is 4.79 Å². The van der Waals surface area contributed by atoms with Crippen molar-refractivity contribution < 1.29 is 23.8 Å². The van der Waals surface area contributed by atoms with E-state index in [0.717, 1.165) is 40.3 Å². The molecule has 1 N–H and O–H groups in total. The van der Waals surface area contributed by atoms with E-state index in [4.69, 9.17) is 25.8 Å². The number of carbonyl (C=O) groups excluding carboxylic acids is 2. The maximum atomic E-state index is 13.9. The van der Waals surface area contributed by atoms with Crippen molar-refractivity contribution in [1.29, 1.82) is 0 Å². The van der Waals surface area contributed by atoms with E-state index in [1.165, 1.54) is 0 Å². The minimum atomic E-state index is -0.519. The number of aryl methyl sites for hydroxylation is 1. The van der Waals surface area contributed by atoms with Crippen LogP contribution in [-0.2, 0) is 14.3 Å². The normalized spacial score (nSPS) is 19.4. The summed E-state index contributed by atoms with van der Waals surface area (Å²) in [5.74, 6) is 0.428. The first-order chi connectivity index (χ1) is 17.8. The van der Waals surface area contributed by atoms with E-state index in [1.807, 2.05) is 43.3 Å². The lowest BCUT2D eigenvalue weighted by Gasteiger charge is -2.38. The van der Waals surface area contributed by atoms with Gasteiger partial charge in [-0.1, -0.05) is 31.0 Å². The minimum absolute atomic E-state index is 0.000296. The summed E-state index contributed by atoms with van der Waals surface area (Å²) in [4.78, 5) is 27.3. The summed E-state index contributed by atoms with van der Waals surface area (Å²) in [6, 6.07) is 11.3. The van der Waals surface area contributed by atoms with E-state index in [1.54, 1.807) is 21.1 Å². The monoisotopic (exact) mass is 523 g/mol. The van der Waals surface area contributed by atoms with E-state index >= 15 is 0 Å². The molecule has 0 amide bonds. The number of halogens is 1. The molecule has 4 rings (SSSR count). The summed E-state index contributed by atoms with van der Waals surface area (Å²) >= 11 is 6.27. The number of nitrogens with one attached hydrogen (secondary N) is 1. The van der Waals surface area contributed by atoms with Gasteiger partial charge in [-0.2, -0.15) is 0 Å². The number of dihydropyridines is 1. The van der Waals surface area contributed by atoms with Crippen molar-refractivity contribution in [2.75, 3.05) is 20.8 Å². The summed E-state index contributed by atoms with van der Waals surface area (Å²) in [5, 5.41) is 4.12. The molecule has 1 aliphatic carbocycles. The Balaban J connectivity index is 1.87. The molecule has 6 nitrogen and oxygen atoms in total. The van der Waals surface area contributed by atoms with Gasteiger partial charge < -0.3 is 19.5 Å². The highest BCUT2D eigenvalue weighted by Gasteiger charge is 2.42. The predicted molar refractivity (Wildman–Crippen MR) is 144 cm³/mol. The molecule has 0 bridgehead atoms. The van der Waals surface area contributed by atoms with Crippen LogP contribution in [0.2, 0.25) is 5.02 Å². The van der Waals surface area contributed by atoms with Crippen LogP contribution in [0.1, 0.15) is 68.1 Å². The summed E-state index contributed by atoms with van der Waals surface area (Å²) in [7, 11) is 3.26. The first-order valence-electron chi connectivity index (χ1n) is 12.7. The first-order valence-corrected chi connectivity index (χ1v) is 13.1. The van der Waals surface area contributed by atoms with Crippen molar-refractivity contribution >= 4 is 23.4 Å². The van der Waals surface area contributed by atoms with Crippen molar-refractivity contribution in [3.8, 4) is 11.5 Å². The number of ketones is 1. The van der Waals surface area contributed by atoms with Crippen molar-refractivity contribution in [2.45, 2.75) is 58.3 Å². The fraction of sp³-hybridized carbons (Fsp3) is 0.400. The van der Waals surface area contributed by atoms with Gasteiger partial charge in [-0.3, -0.25) is 4.79 Å². The highest BCUT2D eigenvalue weighted by atomic mass is 35.5. The highest BCUT2D eigenvalue weighted by molar-refractivity contribution is 6.30. The summed E-state index contributed by atoms with van der Waals surface area (Å²) in [5.41, 5.74) is 5.55. The van der Waals surface area contributed by atoms with Gasteiger partial charge in [0, 0.05) is 45.8 Å². The molecular weight excluding hydrogens is 490 g/mol. The number of benzene rings is 2. The molecule has 0 spiro atoms. The Bertz CT molecular complexity index is 1280. The minimum Gasteiger partial charge on any atom is -0.497 e. The zero-order valence-corrected chi connectivity index (χ0v) is 22.8. The predicted octanol–water partition coefficient (Wildman–Crippen LogP) is 6.37. The Morgan fingerprint density at radius 2 is 1.84 bits per heavy atom. The fourth-order valence-electron chi connectivity index (χ4n) is 5.50. The molecule has 0 radical (unpaired) electrons. The van der Waals surface area contributed by atoms with Crippen LogP contribution in [0.4, 0.5) is 0 Å². The van der Waals surface area contributed by atoms with Gasteiger partial charge in [0.25, 0.3) is 0 Å². The Morgan fingerprint density at radius 3 is 2.49 bits per heavy atom. The second-order valence-corrected chi connectivity index (χ2v) is 9.89. The Morgan fingerprint density at radius 1 is 1.05 bits per heavy atom. The highest BCUT2D eigenvalue weighted by Crippen LogP contribution is 2.48. The van der Waals surface area contributed by atoms with Crippen LogP contribution in [0.15, 0.2) is 58.9 Å². The summed E-state index contributed by atoms with van der Waals surface area (Å²) < 4.78 is 16.6. The zero-order valence-electron chi connectivity index (χ0n) is 22.1. The van der Waals surface area contributed by atoms with E-state index in [-0.39, 0.29) is 18.3 Å². The average Bonchev–Trinajstić information content (AvgIpc) is 2.87. The van der Waals surface area contributed by atoms with Crippen molar-refractivity contribution in [1.82, 2.24) is 5.32 Å². The van der Waals surface area contributed by atoms with Crippen molar-refractivity contribution in [3.05, 3.63) is 80.7 Å². The topological polar surface area (TPSA) is 73.9 Å². The van der Waals surface area contributed by atoms with Gasteiger partial charge in [0.2, 0.25) is 0 Å². The summed E-state index contributed by atoms with van der Waals surface area (Å²) in [6.45, 7) is 6.08. The molecule has 2 atom stereocenters. The number of methoxy groups -OCH3 is 2. The maximum Gasteiger partial charge on any atom is 0.336 e. The third-order valence-electron chi connectivity index (χ3n) is 7.13. The number of carbonyl (C=O) groups is 2. The van der Waals surface area contributed by atoms with Crippen LogP contribution >= 0.6 is 11.6 Å². The lowest BCUT2D eigenvalue weighted by Crippen LogP contribution is -2.37. The molecule has 0 aromatic heterocycles. The maximum absolute atomic E-state index is 13.9. The zero-order chi connectivity index (χ0) is 26.7. The number of allylic oxidation sites excluding steroid dienone is 3. The van der Waals surface area contributed by atoms with Gasteiger partial charge in [0.15, 0.2) is 5.78 Å². The molecule has 7 heteroatoms. The quantitative estimate of drug-likeness (QED) is 0.405. The molecule has 0 fully saturated rings. The first kappa shape index (κ1) is 26.8. The van der Waals surface area contributed by atoms with Crippen LogP contribution in [0, 0.1) is 6.92 Å². The molecule has 1 heterocycles. The molecule has 196 valence electrons. The molecule has 0 saturated carbocycles. The van der Waals surface area contributed by atoms with Gasteiger partial charge in [0.05, 0.1) is 26.4 Å². The van der Waals surface area contributed by atoms with Crippen LogP contribution < -0.4 is 14.8 Å². The summed E-state index contributed by atoms with van der Waals surface area (Å²) in [6.07, 6.45) is 2.40. The lowest BCUT2D eigenvalue weighted by atomic mass is 9.70. The van der Waals surface area contributed by atoms with Crippen LogP contribution in [0.3, 0.4) is 0 Å². The van der Waals surface area contributed by atoms with E-state index in [0.29, 0.717) is 41.2 Å². The SMILES string of the molecule is CCCC1=C(C(=O)OCC)C(c2ccc(Cl)cc2C)C2=C(CC(c3cc(OC)ccc3OC)CC2=O)N1. The Hall–Kier alpha value is -3.25. The van der Waals surface area contributed by atoms with Gasteiger partial charge in [-0.05, 0) is 68.1 Å². The largest absolute Gasteiger partial charge is 0.497 e.